The summed E-state index contributed by atoms with van der Waals surface area (Å²) in [5.74, 6) is 1.47. The second-order valence-corrected chi connectivity index (χ2v) is 5.80. The Morgan fingerprint density at radius 3 is 2.95 bits per heavy atom. The summed E-state index contributed by atoms with van der Waals surface area (Å²) in [7, 11) is 0. The van der Waals surface area contributed by atoms with Gasteiger partial charge in [0.25, 0.3) is 0 Å². The van der Waals surface area contributed by atoms with Crippen LogP contribution >= 0.6 is 0 Å². The molecule has 2 aliphatic rings. The highest BCUT2D eigenvalue weighted by molar-refractivity contribution is 5.33. The Morgan fingerprint density at radius 1 is 1.21 bits per heavy atom. The minimum absolute atomic E-state index is 0.104. The first kappa shape index (κ1) is 12.9. The summed E-state index contributed by atoms with van der Waals surface area (Å²) < 4.78 is 5.79. The van der Waals surface area contributed by atoms with Gasteiger partial charge in [0.2, 0.25) is 0 Å². The molecule has 2 atom stereocenters. The first-order chi connectivity index (χ1) is 9.33. The summed E-state index contributed by atoms with van der Waals surface area (Å²) in [5, 5.41) is 10.1. The van der Waals surface area contributed by atoms with Crippen molar-refractivity contribution in [2.45, 2.75) is 38.3 Å². The zero-order chi connectivity index (χ0) is 13.1. The van der Waals surface area contributed by atoms with Crippen molar-refractivity contribution in [2.24, 2.45) is 5.92 Å². The molecule has 3 heteroatoms. The molecule has 1 heterocycles. The highest BCUT2D eigenvalue weighted by Crippen LogP contribution is 2.27. The zero-order valence-corrected chi connectivity index (χ0v) is 11.4. The normalized spacial score (nSPS) is 28.3. The van der Waals surface area contributed by atoms with Crippen molar-refractivity contribution in [1.29, 1.82) is 0 Å². The van der Waals surface area contributed by atoms with E-state index in [1.165, 1.54) is 24.8 Å². The van der Waals surface area contributed by atoms with Crippen LogP contribution in [0.2, 0.25) is 0 Å². The smallest absolute Gasteiger partial charge is 0.123 e. The third-order valence-corrected chi connectivity index (χ3v) is 4.39. The summed E-state index contributed by atoms with van der Waals surface area (Å²) >= 11 is 0. The van der Waals surface area contributed by atoms with Crippen LogP contribution in [0, 0.1) is 5.92 Å². The Balaban J connectivity index is 1.65. The van der Waals surface area contributed by atoms with Crippen molar-refractivity contribution in [2.75, 3.05) is 19.7 Å². The van der Waals surface area contributed by atoms with Gasteiger partial charge < -0.3 is 9.84 Å². The van der Waals surface area contributed by atoms with Crippen LogP contribution in [0.1, 0.15) is 31.2 Å². The standard InChI is InChI=1S/C16H23NO2/c18-15-7-3-1-5-13(15)11-17-9-10-19-16-8-4-2-6-14(16)12-17/h2,4,6,8,13,15,18H,1,3,5,7,9-12H2. The molecule has 3 nitrogen and oxygen atoms in total. The topological polar surface area (TPSA) is 32.7 Å². The SMILES string of the molecule is OC1CCCCC1CN1CCOc2ccccc2C1. The molecule has 0 aromatic heterocycles. The fraction of sp³-hybridized carbons (Fsp3) is 0.625. The first-order valence-corrected chi connectivity index (χ1v) is 7.44. The third-order valence-electron chi connectivity index (χ3n) is 4.39. The van der Waals surface area contributed by atoms with Crippen molar-refractivity contribution < 1.29 is 9.84 Å². The van der Waals surface area contributed by atoms with E-state index in [0.29, 0.717) is 5.92 Å². The molecule has 19 heavy (non-hydrogen) atoms. The van der Waals surface area contributed by atoms with Crippen LogP contribution in [-0.2, 0) is 6.54 Å². The van der Waals surface area contributed by atoms with Crippen LogP contribution in [0.15, 0.2) is 24.3 Å². The van der Waals surface area contributed by atoms with Gasteiger partial charge in [0, 0.05) is 25.2 Å². The molecule has 0 amide bonds. The molecular weight excluding hydrogens is 238 g/mol. The van der Waals surface area contributed by atoms with Crippen LogP contribution in [0.4, 0.5) is 0 Å². The van der Waals surface area contributed by atoms with Gasteiger partial charge in [-0.3, -0.25) is 4.90 Å². The van der Waals surface area contributed by atoms with Crippen LogP contribution < -0.4 is 4.74 Å². The lowest BCUT2D eigenvalue weighted by Crippen LogP contribution is -2.37. The van der Waals surface area contributed by atoms with Gasteiger partial charge in [-0.15, -0.1) is 0 Å². The Morgan fingerprint density at radius 2 is 2.05 bits per heavy atom. The van der Waals surface area contributed by atoms with Crippen LogP contribution in [0.3, 0.4) is 0 Å². The largest absolute Gasteiger partial charge is 0.492 e. The molecule has 1 saturated carbocycles. The maximum absolute atomic E-state index is 10.1. The Labute approximate surface area is 115 Å². The maximum Gasteiger partial charge on any atom is 0.123 e. The minimum Gasteiger partial charge on any atom is -0.492 e. The van der Waals surface area contributed by atoms with E-state index in [-0.39, 0.29) is 6.10 Å². The number of fused-ring (bicyclic) bond motifs is 1. The maximum atomic E-state index is 10.1. The van der Waals surface area contributed by atoms with Crippen molar-refractivity contribution in [3.63, 3.8) is 0 Å². The number of benzene rings is 1. The number of para-hydroxylation sites is 1. The van der Waals surface area contributed by atoms with E-state index in [4.69, 9.17) is 4.74 Å². The number of hydrogen-bond donors (Lipinski definition) is 1. The Bertz CT molecular complexity index is 421. The molecule has 2 unspecified atom stereocenters. The molecule has 1 aromatic rings. The van der Waals surface area contributed by atoms with E-state index < -0.39 is 0 Å². The van der Waals surface area contributed by atoms with Crippen molar-refractivity contribution >= 4 is 0 Å². The summed E-state index contributed by atoms with van der Waals surface area (Å²) in [5.41, 5.74) is 1.27. The second-order valence-electron chi connectivity index (χ2n) is 5.80. The molecule has 1 N–H and O–H groups in total. The van der Waals surface area contributed by atoms with Gasteiger partial charge in [-0.05, 0) is 24.8 Å². The van der Waals surface area contributed by atoms with Gasteiger partial charge in [-0.2, -0.15) is 0 Å². The van der Waals surface area contributed by atoms with E-state index in [9.17, 15) is 5.11 Å². The van der Waals surface area contributed by atoms with Crippen LogP contribution in [0.5, 0.6) is 5.75 Å². The van der Waals surface area contributed by atoms with Gasteiger partial charge in [0.1, 0.15) is 12.4 Å². The Hall–Kier alpha value is -1.06. The molecule has 1 aromatic carbocycles. The number of nitrogens with zero attached hydrogens (tertiary/aromatic N) is 1. The van der Waals surface area contributed by atoms with E-state index in [2.05, 4.69) is 17.0 Å². The zero-order valence-electron chi connectivity index (χ0n) is 11.4. The molecule has 0 radical (unpaired) electrons. The lowest BCUT2D eigenvalue weighted by molar-refractivity contribution is 0.0437. The van der Waals surface area contributed by atoms with Crippen molar-refractivity contribution in [1.82, 2.24) is 4.90 Å². The average molecular weight is 261 g/mol. The molecule has 0 bridgehead atoms. The summed E-state index contributed by atoms with van der Waals surface area (Å²) in [6.45, 7) is 3.65. The highest BCUT2D eigenvalue weighted by atomic mass is 16.5. The van der Waals surface area contributed by atoms with Gasteiger partial charge in [0.05, 0.1) is 6.10 Å². The van der Waals surface area contributed by atoms with E-state index >= 15 is 0 Å². The number of aliphatic hydroxyl groups is 1. The molecule has 1 aliphatic heterocycles. The van der Waals surface area contributed by atoms with Crippen molar-refractivity contribution in [3.8, 4) is 5.75 Å². The van der Waals surface area contributed by atoms with Gasteiger partial charge >= 0.3 is 0 Å². The predicted octanol–water partition coefficient (Wildman–Crippen LogP) is 2.43. The Kier molecular flexibility index (Phi) is 4.04. The lowest BCUT2D eigenvalue weighted by Gasteiger charge is -2.32. The lowest BCUT2D eigenvalue weighted by atomic mass is 9.86. The van der Waals surface area contributed by atoms with E-state index in [1.807, 2.05) is 12.1 Å². The minimum atomic E-state index is -0.104. The molecule has 104 valence electrons. The number of ether oxygens (including phenoxy) is 1. The summed E-state index contributed by atoms with van der Waals surface area (Å²) in [6.07, 6.45) is 4.49. The predicted molar refractivity (Wildman–Crippen MR) is 75.2 cm³/mol. The van der Waals surface area contributed by atoms with Gasteiger partial charge in [-0.25, -0.2) is 0 Å². The summed E-state index contributed by atoms with van der Waals surface area (Å²) in [4.78, 5) is 2.44. The number of hydrogen-bond acceptors (Lipinski definition) is 3. The molecule has 1 fully saturated rings. The molecule has 3 rings (SSSR count). The molecular formula is C16H23NO2. The van der Waals surface area contributed by atoms with E-state index in [1.54, 1.807) is 0 Å². The number of rotatable bonds is 2. The monoisotopic (exact) mass is 261 g/mol. The van der Waals surface area contributed by atoms with Gasteiger partial charge in [-0.1, -0.05) is 31.0 Å². The van der Waals surface area contributed by atoms with Crippen molar-refractivity contribution in [3.05, 3.63) is 29.8 Å². The molecule has 0 saturated heterocycles. The van der Waals surface area contributed by atoms with Crippen LogP contribution in [0.25, 0.3) is 0 Å². The fourth-order valence-corrected chi connectivity index (χ4v) is 3.27. The average Bonchev–Trinajstić information content (AvgIpc) is 2.63. The molecule has 1 aliphatic carbocycles. The van der Waals surface area contributed by atoms with Crippen LogP contribution in [-0.4, -0.2) is 35.8 Å². The third kappa shape index (κ3) is 3.10. The quantitative estimate of drug-likeness (QED) is 0.887. The number of aliphatic hydroxyl groups excluding tert-OH is 1. The first-order valence-electron chi connectivity index (χ1n) is 7.44. The summed E-state index contributed by atoms with van der Waals surface area (Å²) in [6, 6.07) is 8.29. The van der Waals surface area contributed by atoms with E-state index in [0.717, 1.165) is 38.4 Å². The van der Waals surface area contributed by atoms with Gasteiger partial charge in [0.15, 0.2) is 0 Å². The second kappa shape index (κ2) is 5.93. The molecule has 0 spiro atoms. The highest BCUT2D eigenvalue weighted by Gasteiger charge is 2.26. The fourth-order valence-electron chi connectivity index (χ4n) is 3.27.